The maximum Gasteiger partial charge on any atom is 0.251 e. The van der Waals surface area contributed by atoms with Crippen LogP contribution in [-0.2, 0) is 17.1 Å². The molecule has 2 aromatic rings. The highest BCUT2D eigenvalue weighted by atomic mass is 32.2. The van der Waals surface area contributed by atoms with Crippen LogP contribution >= 0.6 is 11.8 Å². The lowest BCUT2D eigenvalue weighted by Crippen LogP contribution is -2.25. The molecule has 0 aliphatic heterocycles. The molecule has 0 unspecified atom stereocenters. The molecule has 0 bridgehead atoms. The van der Waals surface area contributed by atoms with Crippen molar-refractivity contribution >= 4 is 23.5 Å². The summed E-state index contributed by atoms with van der Waals surface area (Å²) in [5, 5.41) is 3.76. The molecule has 1 saturated carbocycles. The second-order valence-electron chi connectivity index (χ2n) is 6.84. The van der Waals surface area contributed by atoms with Gasteiger partial charge >= 0.3 is 0 Å². The number of thioether (sulfide) groups is 1. The first kappa shape index (κ1) is 20.6. The number of rotatable bonds is 10. The third kappa shape index (κ3) is 5.69. The molecular weight excluding hydrogens is 372 g/mol. The summed E-state index contributed by atoms with van der Waals surface area (Å²) < 4.78 is 5.26. The zero-order chi connectivity index (χ0) is 19.9. The molecule has 0 spiro atoms. The van der Waals surface area contributed by atoms with E-state index in [2.05, 4.69) is 29.0 Å². The average molecular weight is 401 g/mol. The van der Waals surface area contributed by atoms with Crippen LogP contribution in [0.25, 0.3) is 0 Å². The molecule has 0 atom stereocenters. The van der Waals surface area contributed by atoms with Crippen LogP contribution in [0.5, 0.6) is 0 Å². The van der Waals surface area contributed by atoms with Gasteiger partial charge < -0.3 is 15.0 Å². The Hall–Kier alpha value is -2.12. The van der Waals surface area contributed by atoms with E-state index in [0.29, 0.717) is 24.0 Å². The minimum atomic E-state index is 0.0107. The van der Waals surface area contributed by atoms with Gasteiger partial charge in [0.05, 0.1) is 12.3 Å². The molecule has 0 radical (unpaired) electrons. The van der Waals surface area contributed by atoms with Crippen LogP contribution < -0.4 is 10.2 Å². The summed E-state index contributed by atoms with van der Waals surface area (Å²) in [7, 11) is 1.67. The molecule has 0 saturated heterocycles. The minimum absolute atomic E-state index is 0.0107. The number of carbonyl (C=O) groups excluding carboxylic acids is 1. The lowest BCUT2D eigenvalue weighted by atomic mass is 10.1. The second kappa shape index (κ2) is 9.89. The molecule has 6 nitrogen and oxygen atoms in total. The standard InChI is InChI=1S/C21H28N4O2S/c1-4-25(5-2)19-12-18(13-27-3)23-21(24-19)28-14-15-7-6-8-16(11-15)20(26)22-17-9-10-17/h6-8,11-12,17H,4-5,9-10,13-14H2,1-3H3,(H,22,26). The largest absolute Gasteiger partial charge is 0.378 e. The Kier molecular flexibility index (Phi) is 7.28. The van der Waals surface area contributed by atoms with Crippen molar-refractivity contribution < 1.29 is 9.53 Å². The van der Waals surface area contributed by atoms with Gasteiger partial charge in [-0.3, -0.25) is 4.79 Å². The summed E-state index contributed by atoms with van der Waals surface area (Å²) in [6, 6.07) is 10.1. The highest BCUT2D eigenvalue weighted by molar-refractivity contribution is 7.98. The lowest BCUT2D eigenvalue weighted by Gasteiger charge is -2.20. The minimum Gasteiger partial charge on any atom is -0.378 e. The van der Waals surface area contributed by atoms with E-state index in [1.807, 2.05) is 30.3 Å². The summed E-state index contributed by atoms with van der Waals surface area (Å²) in [6.45, 7) is 6.48. The van der Waals surface area contributed by atoms with Gasteiger partial charge in [-0.15, -0.1) is 0 Å². The van der Waals surface area contributed by atoms with Gasteiger partial charge in [-0.1, -0.05) is 23.9 Å². The summed E-state index contributed by atoms with van der Waals surface area (Å²) in [5.74, 6) is 1.64. The SMILES string of the molecule is CCN(CC)c1cc(COC)nc(SCc2cccc(C(=O)NC3CC3)c2)n1. The molecule has 1 heterocycles. The molecule has 1 aliphatic rings. The molecule has 1 fully saturated rings. The first-order valence-electron chi connectivity index (χ1n) is 9.77. The maximum absolute atomic E-state index is 12.3. The Labute approximate surface area is 171 Å². The van der Waals surface area contributed by atoms with Crippen molar-refractivity contribution in [2.45, 2.75) is 50.2 Å². The number of carbonyl (C=O) groups is 1. The summed E-state index contributed by atoms with van der Waals surface area (Å²) in [6.07, 6.45) is 2.18. The summed E-state index contributed by atoms with van der Waals surface area (Å²) >= 11 is 1.58. The van der Waals surface area contributed by atoms with Gasteiger partial charge in [0.25, 0.3) is 5.91 Å². The molecule has 7 heteroatoms. The van der Waals surface area contributed by atoms with E-state index in [1.165, 1.54) is 0 Å². The van der Waals surface area contributed by atoms with Crippen molar-refractivity contribution in [3.05, 3.63) is 47.2 Å². The van der Waals surface area contributed by atoms with Crippen LogP contribution in [0, 0.1) is 0 Å². The molecule has 150 valence electrons. The number of nitrogens with one attached hydrogen (secondary N) is 1. The van der Waals surface area contributed by atoms with Crippen LogP contribution in [0.15, 0.2) is 35.5 Å². The summed E-state index contributed by atoms with van der Waals surface area (Å²) in [5.41, 5.74) is 2.67. The first-order chi connectivity index (χ1) is 13.6. The average Bonchev–Trinajstić information content (AvgIpc) is 3.52. The first-order valence-corrected chi connectivity index (χ1v) is 10.8. The van der Waals surface area contributed by atoms with Gasteiger partial charge in [0.2, 0.25) is 0 Å². The van der Waals surface area contributed by atoms with Gasteiger partial charge in [-0.05, 0) is 44.4 Å². The summed E-state index contributed by atoms with van der Waals surface area (Å²) in [4.78, 5) is 23.8. The van der Waals surface area contributed by atoms with Crippen molar-refractivity contribution in [2.75, 3.05) is 25.1 Å². The smallest absolute Gasteiger partial charge is 0.251 e. The molecular formula is C21H28N4O2S. The fourth-order valence-corrected chi connectivity index (χ4v) is 3.72. The molecule has 1 aromatic carbocycles. The third-order valence-electron chi connectivity index (χ3n) is 4.59. The van der Waals surface area contributed by atoms with Crippen LogP contribution in [-0.4, -0.2) is 42.1 Å². The van der Waals surface area contributed by atoms with Gasteiger partial charge in [0.1, 0.15) is 5.82 Å². The number of amides is 1. The third-order valence-corrected chi connectivity index (χ3v) is 5.51. The van der Waals surface area contributed by atoms with E-state index >= 15 is 0 Å². The predicted octanol–water partition coefficient (Wildman–Crippen LogP) is 3.65. The number of nitrogens with zero attached hydrogens (tertiary/aromatic N) is 3. The van der Waals surface area contributed by atoms with Crippen LogP contribution in [0.4, 0.5) is 5.82 Å². The van der Waals surface area contributed by atoms with E-state index in [9.17, 15) is 4.79 Å². The molecule has 3 rings (SSSR count). The number of hydrogen-bond donors (Lipinski definition) is 1. The monoisotopic (exact) mass is 400 g/mol. The lowest BCUT2D eigenvalue weighted by molar-refractivity contribution is 0.0951. The molecule has 1 amide bonds. The van der Waals surface area contributed by atoms with Crippen molar-refractivity contribution in [3.8, 4) is 0 Å². The van der Waals surface area contributed by atoms with Crippen LogP contribution in [0.2, 0.25) is 0 Å². The number of ether oxygens (including phenoxy) is 1. The molecule has 1 aromatic heterocycles. The molecule has 1 aliphatic carbocycles. The van der Waals surface area contributed by atoms with Crippen molar-refractivity contribution in [2.24, 2.45) is 0 Å². The van der Waals surface area contributed by atoms with Gasteiger partial charge in [0, 0.05) is 43.6 Å². The zero-order valence-electron chi connectivity index (χ0n) is 16.8. The molecule has 28 heavy (non-hydrogen) atoms. The Morgan fingerprint density at radius 2 is 2.04 bits per heavy atom. The van der Waals surface area contributed by atoms with E-state index in [-0.39, 0.29) is 5.91 Å². The van der Waals surface area contributed by atoms with E-state index in [1.54, 1.807) is 18.9 Å². The van der Waals surface area contributed by atoms with Crippen molar-refractivity contribution in [3.63, 3.8) is 0 Å². The Morgan fingerprint density at radius 3 is 2.71 bits per heavy atom. The van der Waals surface area contributed by atoms with Crippen molar-refractivity contribution in [1.82, 2.24) is 15.3 Å². The topological polar surface area (TPSA) is 67.3 Å². The fourth-order valence-electron chi connectivity index (χ4n) is 2.90. The highest BCUT2D eigenvalue weighted by Crippen LogP contribution is 2.24. The zero-order valence-corrected chi connectivity index (χ0v) is 17.6. The number of benzene rings is 1. The quantitative estimate of drug-likeness (QED) is 0.485. The highest BCUT2D eigenvalue weighted by Gasteiger charge is 2.23. The fraction of sp³-hybridized carbons (Fsp3) is 0.476. The Morgan fingerprint density at radius 1 is 1.25 bits per heavy atom. The number of methoxy groups -OCH3 is 1. The van der Waals surface area contributed by atoms with Crippen LogP contribution in [0.3, 0.4) is 0 Å². The van der Waals surface area contributed by atoms with Gasteiger partial charge in [-0.2, -0.15) is 0 Å². The van der Waals surface area contributed by atoms with Crippen LogP contribution in [0.1, 0.15) is 48.3 Å². The Balaban J connectivity index is 1.71. The number of anilines is 1. The molecule has 1 N–H and O–H groups in total. The van der Waals surface area contributed by atoms with Crippen molar-refractivity contribution in [1.29, 1.82) is 0 Å². The van der Waals surface area contributed by atoms with Gasteiger partial charge in [-0.25, -0.2) is 9.97 Å². The van der Waals surface area contributed by atoms with E-state index < -0.39 is 0 Å². The predicted molar refractivity (Wildman–Crippen MR) is 113 cm³/mol. The maximum atomic E-state index is 12.3. The number of hydrogen-bond acceptors (Lipinski definition) is 6. The van der Waals surface area contributed by atoms with E-state index in [4.69, 9.17) is 9.72 Å². The number of aromatic nitrogens is 2. The Bertz CT molecular complexity index is 807. The van der Waals surface area contributed by atoms with E-state index in [0.717, 1.165) is 48.2 Å². The normalized spacial score (nSPS) is 13.4. The van der Waals surface area contributed by atoms with Gasteiger partial charge in [0.15, 0.2) is 5.16 Å². The second-order valence-corrected chi connectivity index (χ2v) is 7.78.